The number of aryl methyl sites for hydroxylation is 1. The first-order valence-electron chi connectivity index (χ1n) is 7.41. The summed E-state index contributed by atoms with van der Waals surface area (Å²) in [6.07, 6.45) is 4.75. The van der Waals surface area contributed by atoms with Crippen LogP contribution in [0.1, 0.15) is 29.0 Å². The lowest BCUT2D eigenvalue weighted by Gasteiger charge is -2.31. The number of aromatic nitrogens is 3. The molecule has 3 rings (SSSR count). The fourth-order valence-electron chi connectivity index (χ4n) is 2.85. The maximum atomic E-state index is 12.4. The molecule has 110 valence electrons. The minimum absolute atomic E-state index is 0.146. The van der Waals surface area contributed by atoms with E-state index in [0.29, 0.717) is 5.92 Å². The highest BCUT2D eigenvalue weighted by Crippen LogP contribution is 2.22. The zero-order valence-electron chi connectivity index (χ0n) is 12.3. The zero-order chi connectivity index (χ0) is 14.7. The Kier molecular flexibility index (Phi) is 3.99. The van der Waals surface area contributed by atoms with Crippen LogP contribution in [0, 0.1) is 5.92 Å². The zero-order valence-corrected chi connectivity index (χ0v) is 12.3. The highest BCUT2D eigenvalue weighted by atomic mass is 16.2. The predicted molar refractivity (Wildman–Crippen MR) is 79.8 cm³/mol. The largest absolute Gasteiger partial charge is 0.339 e. The monoisotopic (exact) mass is 284 g/mol. The molecule has 2 aromatic rings. The molecule has 5 nitrogen and oxygen atoms in total. The molecule has 0 radical (unpaired) electrons. The molecule has 0 aliphatic carbocycles. The normalized spacial score (nSPS) is 16.1. The third-order valence-electron chi connectivity index (χ3n) is 4.20. The van der Waals surface area contributed by atoms with Crippen molar-refractivity contribution in [2.75, 3.05) is 13.1 Å². The van der Waals surface area contributed by atoms with Crippen LogP contribution in [0.25, 0.3) is 0 Å². The molecule has 1 amide bonds. The summed E-state index contributed by atoms with van der Waals surface area (Å²) >= 11 is 0. The van der Waals surface area contributed by atoms with Crippen molar-refractivity contribution in [2.24, 2.45) is 13.0 Å². The first kappa shape index (κ1) is 13.8. The number of hydrogen-bond donors (Lipinski definition) is 0. The molecule has 0 atom stereocenters. The number of carbonyl (C=O) groups excluding carboxylic acids is 1. The highest BCUT2D eigenvalue weighted by molar-refractivity contribution is 5.94. The van der Waals surface area contributed by atoms with E-state index in [1.807, 2.05) is 46.8 Å². The van der Waals surface area contributed by atoms with Gasteiger partial charge in [-0.3, -0.25) is 4.79 Å². The maximum absolute atomic E-state index is 12.4. The van der Waals surface area contributed by atoms with Crippen LogP contribution in [-0.2, 0) is 13.5 Å². The molecule has 1 fully saturated rings. The Morgan fingerprint density at radius 2 is 1.95 bits per heavy atom. The number of amides is 1. The molecule has 0 spiro atoms. The van der Waals surface area contributed by atoms with Crippen LogP contribution in [0.5, 0.6) is 0 Å². The molecule has 0 bridgehead atoms. The molecule has 2 heterocycles. The molecular formula is C16H20N4O. The van der Waals surface area contributed by atoms with Crippen LogP contribution in [0.15, 0.2) is 36.7 Å². The molecule has 1 saturated heterocycles. The molecule has 0 N–H and O–H groups in total. The molecule has 1 aromatic carbocycles. The summed E-state index contributed by atoms with van der Waals surface area (Å²) in [5, 5.41) is 8.06. The summed E-state index contributed by atoms with van der Waals surface area (Å²) in [6, 6.07) is 9.52. The average molecular weight is 284 g/mol. The fraction of sp³-hybridized carbons (Fsp3) is 0.438. The van der Waals surface area contributed by atoms with Gasteiger partial charge in [-0.25, -0.2) is 0 Å². The van der Waals surface area contributed by atoms with Crippen molar-refractivity contribution >= 4 is 5.91 Å². The summed E-state index contributed by atoms with van der Waals surface area (Å²) in [4.78, 5) is 14.3. The second-order valence-electron chi connectivity index (χ2n) is 5.66. The van der Waals surface area contributed by atoms with E-state index in [1.54, 1.807) is 6.33 Å². The van der Waals surface area contributed by atoms with Gasteiger partial charge in [0.2, 0.25) is 0 Å². The van der Waals surface area contributed by atoms with E-state index >= 15 is 0 Å². The van der Waals surface area contributed by atoms with Crippen molar-refractivity contribution in [1.29, 1.82) is 0 Å². The van der Waals surface area contributed by atoms with Gasteiger partial charge < -0.3 is 9.47 Å². The number of nitrogens with zero attached hydrogens (tertiary/aromatic N) is 4. The van der Waals surface area contributed by atoms with E-state index < -0.39 is 0 Å². The van der Waals surface area contributed by atoms with Crippen LogP contribution in [-0.4, -0.2) is 38.7 Å². The molecule has 0 unspecified atom stereocenters. The van der Waals surface area contributed by atoms with E-state index in [2.05, 4.69) is 10.2 Å². The van der Waals surface area contributed by atoms with E-state index in [4.69, 9.17) is 0 Å². The summed E-state index contributed by atoms with van der Waals surface area (Å²) in [5.41, 5.74) is 0.782. The Bertz CT molecular complexity index is 600. The maximum Gasteiger partial charge on any atom is 0.253 e. The summed E-state index contributed by atoms with van der Waals surface area (Å²) in [7, 11) is 1.98. The third kappa shape index (κ3) is 3.12. The Morgan fingerprint density at radius 3 is 2.57 bits per heavy atom. The lowest BCUT2D eigenvalue weighted by molar-refractivity contribution is 0.0689. The lowest BCUT2D eigenvalue weighted by atomic mass is 9.93. The Hall–Kier alpha value is -2.17. The first-order chi connectivity index (χ1) is 10.2. The van der Waals surface area contributed by atoms with Gasteiger partial charge in [0.15, 0.2) is 0 Å². The first-order valence-corrected chi connectivity index (χ1v) is 7.41. The van der Waals surface area contributed by atoms with Crippen molar-refractivity contribution in [3.05, 3.63) is 48.0 Å². The number of carbonyl (C=O) groups is 1. The van der Waals surface area contributed by atoms with Gasteiger partial charge in [0, 0.05) is 32.1 Å². The topological polar surface area (TPSA) is 51.0 Å². The number of likely N-dealkylation sites (tertiary alicyclic amines) is 1. The molecule has 1 aliphatic rings. The number of benzene rings is 1. The van der Waals surface area contributed by atoms with Crippen molar-refractivity contribution in [1.82, 2.24) is 19.7 Å². The summed E-state index contributed by atoms with van der Waals surface area (Å²) in [5.74, 6) is 1.77. The summed E-state index contributed by atoms with van der Waals surface area (Å²) in [6.45, 7) is 1.66. The van der Waals surface area contributed by atoms with Gasteiger partial charge in [-0.2, -0.15) is 0 Å². The second-order valence-corrected chi connectivity index (χ2v) is 5.66. The molecule has 0 saturated carbocycles. The Labute approximate surface area is 124 Å². The standard InChI is InChI=1S/C16H20N4O/c1-19-12-17-18-15(19)11-13-7-9-20(10-8-13)16(21)14-5-3-2-4-6-14/h2-6,12-13H,7-11H2,1H3. The van der Waals surface area contributed by atoms with Crippen molar-refractivity contribution in [3.63, 3.8) is 0 Å². The number of piperidine rings is 1. The SMILES string of the molecule is Cn1cnnc1CC1CCN(C(=O)c2ccccc2)CC1. The van der Waals surface area contributed by atoms with Gasteiger partial charge >= 0.3 is 0 Å². The average Bonchev–Trinajstić information content (AvgIpc) is 2.93. The summed E-state index contributed by atoms with van der Waals surface area (Å²) < 4.78 is 1.97. The molecule has 21 heavy (non-hydrogen) atoms. The van der Waals surface area contributed by atoms with E-state index in [0.717, 1.165) is 43.7 Å². The Morgan fingerprint density at radius 1 is 1.24 bits per heavy atom. The van der Waals surface area contributed by atoms with Gasteiger partial charge in [0.25, 0.3) is 5.91 Å². The van der Waals surface area contributed by atoms with Gasteiger partial charge in [0.05, 0.1) is 0 Å². The van der Waals surface area contributed by atoms with Gasteiger partial charge in [-0.05, 0) is 30.9 Å². The van der Waals surface area contributed by atoms with Crippen LogP contribution in [0.4, 0.5) is 0 Å². The smallest absolute Gasteiger partial charge is 0.253 e. The number of hydrogen-bond acceptors (Lipinski definition) is 3. The fourth-order valence-corrected chi connectivity index (χ4v) is 2.85. The van der Waals surface area contributed by atoms with Crippen molar-refractivity contribution in [3.8, 4) is 0 Å². The van der Waals surface area contributed by atoms with E-state index in [-0.39, 0.29) is 5.91 Å². The van der Waals surface area contributed by atoms with Crippen LogP contribution in [0.3, 0.4) is 0 Å². The predicted octanol–water partition coefficient (Wildman–Crippen LogP) is 1.91. The second kappa shape index (κ2) is 6.08. The Balaban J connectivity index is 1.56. The van der Waals surface area contributed by atoms with Gasteiger partial charge in [-0.15, -0.1) is 10.2 Å². The van der Waals surface area contributed by atoms with Gasteiger partial charge in [0.1, 0.15) is 12.2 Å². The minimum Gasteiger partial charge on any atom is -0.339 e. The van der Waals surface area contributed by atoms with Gasteiger partial charge in [-0.1, -0.05) is 18.2 Å². The third-order valence-corrected chi connectivity index (χ3v) is 4.20. The quantitative estimate of drug-likeness (QED) is 0.865. The van der Waals surface area contributed by atoms with Crippen LogP contribution >= 0.6 is 0 Å². The van der Waals surface area contributed by atoms with Crippen LogP contribution < -0.4 is 0 Å². The minimum atomic E-state index is 0.146. The molecule has 5 heteroatoms. The van der Waals surface area contributed by atoms with E-state index in [9.17, 15) is 4.79 Å². The molecular weight excluding hydrogens is 264 g/mol. The van der Waals surface area contributed by atoms with Crippen molar-refractivity contribution in [2.45, 2.75) is 19.3 Å². The van der Waals surface area contributed by atoms with Crippen molar-refractivity contribution < 1.29 is 4.79 Å². The number of rotatable bonds is 3. The highest BCUT2D eigenvalue weighted by Gasteiger charge is 2.24. The lowest BCUT2D eigenvalue weighted by Crippen LogP contribution is -2.39. The molecule has 1 aromatic heterocycles. The van der Waals surface area contributed by atoms with Crippen LogP contribution in [0.2, 0.25) is 0 Å². The molecule has 1 aliphatic heterocycles. The van der Waals surface area contributed by atoms with E-state index in [1.165, 1.54) is 0 Å².